The van der Waals surface area contributed by atoms with Gasteiger partial charge < -0.3 is 25.0 Å². The number of ether oxygens (including phenoxy) is 2. The molecule has 2 fully saturated rings. The number of para-hydroxylation sites is 1. The molecule has 0 radical (unpaired) electrons. The number of aliphatic imine (C=N–C) groups is 1. The van der Waals surface area contributed by atoms with Crippen molar-refractivity contribution in [1.29, 1.82) is 0 Å². The number of nitrogens with zero attached hydrogens (tertiary/aromatic N) is 3. The molecule has 180 valence electrons. The van der Waals surface area contributed by atoms with Gasteiger partial charge in [-0.15, -0.1) is 24.0 Å². The van der Waals surface area contributed by atoms with Crippen molar-refractivity contribution < 1.29 is 14.3 Å². The number of halogens is 1. The van der Waals surface area contributed by atoms with E-state index in [1.54, 1.807) is 7.11 Å². The Balaban J connectivity index is 0.00000363. The topological polar surface area (TPSA) is 78.4 Å². The summed E-state index contributed by atoms with van der Waals surface area (Å²) < 4.78 is 11.1. The Hall–Kier alpha value is -1.59. The summed E-state index contributed by atoms with van der Waals surface area (Å²) in [5.74, 6) is 1.93. The van der Waals surface area contributed by atoms with Crippen molar-refractivity contribution in [3.8, 4) is 5.75 Å². The van der Waals surface area contributed by atoms with Crippen LogP contribution < -0.4 is 15.4 Å². The molecule has 1 aliphatic carbocycles. The molecule has 1 heterocycles. The number of benzene rings is 1. The second kappa shape index (κ2) is 14.5. The highest BCUT2D eigenvalue weighted by molar-refractivity contribution is 14.0. The molecular formula is C23H38IN5O3. The molecule has 32 heavy (non-hydrogen) atoms. The molecule has 0 bridgehead atoms. The van der Waals surface area contributed by atoms with Crippen LogP contribution >= 0.6 is 24.0 Å². The third-order valence-electron chi connectivity index (χ3n) is 5.72. The summed E-state index contributed by atoms with van der Waals surface area (Å²) in [7, 11) is 1.63. The molecule has 1 aliphatic heterocycles. The molecule has 2 N–H and O–H groups in total. The van der Waals surface area contributed by atoms with Crippen LogP contribution in [0.15, 0.2) is 29.3 Å². The van der Waals surface area contributed by atoms with Gasteiger partial charge in [0.05, 0.1) is 25.8 Å². The van der Waals surface area contributed by atoms with Gasteiger partial charge in [-0.05, 0) is 32.3 Å². The summed E-state index contributed by atoms with van der Waals surface area (Å²) in [6.45, 7) is 8.38. The van der Waals surface area contributed by atoms with Crippen LogP contribution in [0.4, 0.5) is 0 Å². The lowest BCUT2D eigenvalue weighted by Crippen LogP contribution is -2.54. The zero-order valence-corrected chi connectivity index (χ0v) is 21.7. The van der Waals surface area contributed by atoms with Crippen LogP contribution in [0.1, 0.15) is 31.7 Å². The fraction of sp³-hybridized carbons (Fsp3) is 0.652. The number of hydrogen-bond donors (Lipinski definition) is 2. The molecule has 8 nitrogen and oxygen atoms in total. The van der Waals surface area contributed by atoms with Crippen LogP contribution in [-0.4, -0.2) is 87.3 Å². The lowest BCUT2D eigenvalue weighted by molar-refractivity contribution is -0.122. The van der Waals surface area contributed by atoms with E-state index in [9.17, 15) is 4.79 Å². The number of guanidine groups is 1. The molecule has 9 heteroatoms. The molecule has 1 amide bonds. The fourth-order valence-corrected chi connectivity index (χ4v) is 3.67. The van der Waals surface area contributed by atoms with E-state index in [1.165, 1.54) is 6.42 Å². The predicted octanol–water partition coefficient (Wildman–Crippen LogP) is 2.08. The van der Waals surface area contributed by atoms with E-state index in [0.717, 1.165) is 62.8 Å². The van der Waals surface area contributed by atoms with Crippen molar-refractivity contribution in [2.75, 3.05) is 59.5 Å². The maximum absolute atomic E-state index is 12.0. The van der Waals surface area contributed by atoms with Gasteiger partial charge in [0, 0.05) is 51.9 Å². The molecule has 0 aromatic heterocycles. The van der Waals surface area contributed by atoms with Crippen molar-refractivity contribution in [3.05, 3.63) is 29.8 Å². The summed E-state index contributed by atoms with van der Waals surface area (Å²) in [6.07, 6.45) is 3.92. The maximum Gasteiger partial charge on any atom is 0.234 e. The standard InChI is InChI=1S/C23H37N5O3.HI/c1-3-24-23(26-17-19-7-4-5-10-21(19)31-20-8-6-9-20)28-14-12-27(13-15-28)18-22(29)25-11-16-30-2;/h4-5,7,10,20H,3,6,8-9,11-18H2,1-2H3,(H,24,26)(H,25,29);1H. The number of hydrogen-bond acceptors (Lipinski definition) is 5. The minimum absolute atomic E-state index is 0. The third-order valence-corrected chi connectivity index (χ3v) is 5.72. The SMILES string of the molecule is CCNC(=NCc1ccccc1OC1CCC1)N1CCN(CC(=O)NCCOC)CC1.I. The molecule has 1 aromatic carbocycles. The summed E-state index contributed by atoms with van der Waals surface area (Å²) in [5, 5.41) is 6.30. The van der Waals surface area contributed by atoms with Crippen LogP contribution in [0.2, 0.25) is 0 Å². The first kappa shape index (κ1) is 26.7. The van der Waals surface area contributed by atoms with Crippen LogP contribution in [0.5, 0.6) is 5.75 Å². The summed E-state index contributed by atoms with van der Waals surface area (Å²) in [6, 6.07) is 8.21. The second-order valence-corrected chi connectivity index (χ2v) is 8.05. The van der Waals surface area contributed by atoms with Crippen LogP contribution in [0, 0.1) is 0 Å². The van der Waals surface area contributed by atoms with E-state index in [0.29, 0.717) is 32.3 Å². The Morgan fingerprint density at radius 1 is 1.16 bits per heavy atom. The lowest BCUT2D eigenvalue weighted by atomic mass is 9.96. The molecule has 1 saturated heterocycles. The van der Waals surface area contributed by atoms with E-state index in [2.05, 4.69) is 33.4 Å². The Morgan fingerprint density at radius 3 is 2.56 bits per heavy atom. The van der Waals surface area contributed by atoms with Crippen molar-refractivity contribution in [2.45, 2.75) is 38.8 Å². The summed E-state index contributed by atoms with van der Waals surface area (Å²) in [4.78, 5) is 21.4. The second-order valence-electron chi connectivity index (χ2n) is 8.05. The van der Waals surface area contributed by atoms with Crippen molar-refractivity contribution in [2.24, 2.45) is 4.99 Å². The molecule has 0 atom stereocenters. The number of piperazine rings is 1. The number of carbonyl (C=O) groups is 1. The Kier molecular flexibility index (Phi) is 12.1. The monoisotopic (exact) mass is 559 g/mol. The van der Waals surface area contributed by atoms with Crippen molar-refractivity contribution >= 4 is 35.8 Å². The zero-order valence-electron chi connectivity index (χ0n) is 19.3. The number of amides is 1. The fourth-order valence-electron chi connectivity index (χ4n) is 3.67. The van der Waals surface area contributed by atoms with E-state index in [4.69, 9.17) is 14.5 Å². The smallest absolute Gasteiger partial charge is 0.234 e. The van der Waals surface area contributed by atoms with E-state index in [-0.39, 0.29) is 29.9 Å². The van der Waals surface area contributed by atoms with Crippen LogP contribution in [0.25, 0.3) is 0 Å². The first-order valence-electron chi connectivity index (χ1n) is 11.5. The highest BCUT2D eigenvalue weighted by Crippen LogP contribution is 2.28. The minimum atomic E-state index is 0. The van der Waals surface area contributed by atoms with Gasteiger partial charge in [-0.25, -0.2) is 4.99 Å². The van der Waals surface area contributed by atoms with Gasteiger partial charge in [-0.3, -0.25) is 9.69 Å². The van der Waals surface area contributed by atoms with Gasteiger partial charge >= 0.3 is 0 Å². The molecule has 0 spiro atoms. The molecule has 1 aromatic rings. The van der Waals surface area contributed by atoms with Gasteiger partial charge in [0.15, 0.2) is 5.96 Å². The van der Waals surface area contributed by atoms with E-state index >= 15 is 0 Å². The molecular weight excluding hydrogens is 521 g/mol. The maximum atomic E-state index is 12.0. The Bertz CT molecular complexity index is 721. The van der Waals surface area contributed by atoms with Gasteiger partial charge in [-0.2, -0.15) is 0 Å². The van der Waals surface area contributed by atoms with Gasteiger partial charge in [0.2, 0.25) is 5.91 Å². The van der Waals surface area contributed by atoms with Crippen LogP contribution in [0.3, 0.4) is 0 Å². The highest BCUT2D eigenvalue weighted by atomic mass is 127. The normalized spacial score (nSPS) is 17.3. The lowest BCUT2D eigenvalue weighted by Gasteiger charge is -2.36. The predicted molar refractivity (Wildman–Crippen MR) is 138 cm³/mol. The third kappa shape index (κ3) is 8.40. The first-order chi connectivity index (χ1) is 15.2. The van der Waals surface area contributed by atoms with Crippen molar-refractivity contribution in [3.63, 3.8) is 0 Å². The molecule has 0 unspecified atom stereocenters. The van der Waals surface area contributed by atoms with Crippen molar-refractivity contribution in [1.82, 2.24) is 20.4 Å². The average Bonchev–Trinajstić information content (AvgIpc) is 2.75. The zero-order chi connectivity index (χ0) is 21.9. The highest BCUT2D eigenvalue weighted by Gasteiger charge is 2.22. The number of nitrogens with one attached hydrogen (secondary N) is 2. The van der Waals surface area contributed by atoms with Gasteiger partial charge in [0.25, 0.3) is 0 Å². The van der Waals surface area contributed by atoms with E-state index in [1.807, 2.05) is 18.2 Å². The van der Waals surface area contributed by atoms with Crippen LogP contribution in [-0.2, 0) is 16.1 Å². The largest absolute Gasteiger partial charge is 0.490 e. The van der Waals surface area contributed by atoms with Gasteiger partial charge in [-0.1, -0.05) is 18.2 Å². The molecule has 1 saturated carbocycles. The number of carbonyl (C=O) groups excluding carboxylic acids is 1. The number of rotatable bonds is 10. The Labute approximate surface area is 209 Å². The molecule has 3 rings (SSSR count). The summed E-state index contributed by atoms with van der Waals surface area (Å²) >= 11 is 0. The Morgan fingerprint density at radius 2 is 1.91 bits per heavy atom. The van der Waals surface area contributed by atoms with Gasteiger partial charge in [0.1, 0.15) is 5.75 Å². The number of methoxy groups -OCH3 is 1. The quantitative estimate of drug-likeness (QED) is 0.198. The summed E-state index contributed by atoms with van der Waals surface area (Å²) in [5.41, 5.74) is 1.12. The molecule has 2 aliphatic rings. The first-order valence-corrected chi connectivity index (χ1v) is 11.5. The van der Waals surface area contributed by atoms with E-state index < -0.39 is 0 Å². The minimum Gasteiger partial charge on any atom is -0.490 e. The average molecular weight is 559 g/mol.